The first kappa shape index (κ1) is 21.1. The Morgan fingerprint density at radius 3 is 2.81 bits per heavy atom. The number of hydrogen-bond donors (Lipinski definition) is 2. The lowest BCUT2D eigenvalue weighted by Gasteiger charge is -2.33. The van der Waals surface area contributed by atoms with Crippen LogP contribution in [0.15, 0.2) is 42.6 Å². The van der Waals surface area contributed by atoms with Crippen LogP contribution in [0.3, 0.4) is 0 Å². The van der Waals surface area contributed by atoms with Gasteiger partial charge in [-0.25, -0.2) is 0 Å². The molecular weight excluding hydrogens is 408 g/mol. The van der Waals surface area contributed by atoms with E-state index < -0.39 is 6.10 Å². The van der Waals surface area contributed by atoms with E-state index in [4.69, 9.17) is 18.9 Å². The van der Waals surface area contributed by atoms with Crippen LogP contribution in [-0.2, 0) is 11.3 Å². The number of aromatic nitrogens is 1. The lowest BCUT2D eigenvalue weighted by Crippen LogP contribution is -2.39. The molecule has 3 heterocycles. The molecule has 0 spiro atoms. The van der Waals surface area contributed by atoms with Crippen LogP contribution in [0.1, 0.15) is 29.9 Å². The van der Waals surface area contributed by atoms with E-state index in [1.165, 1.54) is 10.9 Å². The molecule has 0 bridgehead atoms. The van der Waals surface area contributed by atoms with Crippen molar-refractivity contribution in [3.8, 4) is 17.2 Å². The summed E-state index contributed by atoms with van der Waals surface area (Å²) in [5.41, 5.74) is 3.53. The summed E-state index contributed by atoms with van der Waals surface area (Å²) in [6.45, 7) is 3.61. The molecule has 1 fully saturated rings. The first-order valence-corrected chi connectivity index (χ1v) is 11.2. The number of ether oxygens (including phenoxy) is 4. The summed E-state index contributed by atoms with van der Waals surface area (Å²) in [5.74, 6) is 2.93. The van der Waals surface area contributed by atoms with Gasteiger partial charge in [-0.15, -0.1) is 0 Å². The standard InChI is InChI=1S/C25H30N2O5/c1-29-20-3-4-23-21(11-20)22(12-26-23)18-6-8-27(9-7-18)13-19(28)15-30-14-17-2-5-24-25(10-17)32-16-31-24/h2-5,10-12,18-19,26,28H,6-9,13-16H2,1H3. The molecule has 1 unspecified atom stereocenters. The zero-order valence-corrected chi connectivity index (χ0v) is 18.4. The van der Waals surface area contributed by atoms with Crippen molar-refractivity contribution in [2.24, 2.45) is 0 Å². The first-order chi connectivity index (χ1) is 15.7. The Hall–Kier alpha value is -2.74. The van der Waals surface area contributed by atoms with Gasteiger partial charge in [0.2, 0.25) is 6.79 Å². The second kappa shape index (κ2) is 9.40. The number of methoxy groups -OCH3 is 1. The number of nitrogens with zero attached hydrogens (tertiary/aromatic N) is 1. The second-order valence-electron chi connectivity index (χ2n) is 8.59. The van der Waals surface area contributed by atoms with Crippen molar-refractivity contribution in [2.45, 2.75) is 31.5 Å². The summed E-state index contributed by atoms with van der Waals surface area (Å²) in [6, 6.07) is 12.0. The normalized spacial score (nSPS) is 17.7. The average molecular weight is 439 g/mol. The predicted molar refractivity (Wildman–Crippen MR) is 121 cm³/mol. The molecule has 1 aromatic heterocycles. The van der Waals surface area contributed by atoms with Crippen LogP contribution in [0.25, 0.3) is 10.9 Å². The highest BCUT2D eigenvalue weighted by atomic mass is 16.7. The molecule has 0 radical (unpaired) electrons. The maximum Gasteiger partial charge on any atom is 0.231 e. The lowest BCUT2D eigenvalue weighted by atomic mass is 9.89. The summed E-state index contributed by atoms with van der Waals surface area (Å²) in [7, 11) is 1.70. The zero-order valence-electron chi connectivity index (χ0n) is 18.4. The minimum atomic E-state index is -0.502. The van der Waals surface area contributed by atoms with Gasteiger partial charge < -0.3 is 33.9 Å². The summed E-state index contributed by atoms with van der Waals surface area (Å²) in [4.78, 5) is 5.72. The van der Waals surface area contributed by atoms with Crippen molar-refractivity contribution < 1.29 is 24.1 Å². The fourth-order valence-electron chi connectivity index (χ4n) is 4.71. The van der Waals surface area contributed by atoms with Gasteiger partial charge in [0.15, 0.2) is 11.5 Å². The van der Waals surface area contributed by atoms with Gasteiger partial charge in [0.05, 0.1) is 26.4 Å². The van der Waals surface area contributed by atoms with Crippen molar-refractivity contribution in [2.75, 3.05) is 40.1 Å². The number of piperidine rings is 1. The number of H-pyrrole nitrogens is 1. The van der Waals surface area contributed by atoms with Crippen molar-refractivity contribution in [3.05, 3.63) is 53.7 Å². The number of likely N-dealkylation sites (tertiary alicyclic amines) is 1. The molecule has 2 aliphatic rings. The van der Waals surface area contributed by atoms with E-state index in [1.54, 1.807) is 7.11 Å². The highest BCUT2D eigenvalue weighted by molar-refractivity contribution is 5.85. The minimum Gasteiger partial charge on any atom is -0.497 e. The molecular formula is C25H30N2O5. The van der Waals surface area contributed by atoms with E-state index in [9.17, 15) is 5.11 Å². The molecule has 2 N–H and O–H groups in total. The molecule has 0 saturated carbocycles. The average Bonchev–Trinajstić information content (AvgIpc) is 3.45. The molecule has 2 aromatic carbocycles. The number of aromatic amines is 1. The van der Waals surface area contributed by atoms with Crippen LogP contribution in [0, 0.1) is 0 Å². The highest BCUT2D eigenvalue weighted by Gasteiger charge is 2.24. The van der Waals surface area contributed by atoms with Crippen LogP contribution in [0.5, 0.6) is 17.2 Å². The molecule has 170 valence electrons. The second-order valence-corrected chi connectivity index (χ2v) is 8.59. The third kappa shape index (κ3) is 4.55. The minimum absolute atomic E-state index is 0.267. The van der Waals surface area contributed by atoms with Crippen LogP contribution in [0.2, 0.25) is 0 Å². The van der Waals surface area contributed by atoms with Gasteiger partial charge in [0.25, 0.3) is 0 Å². The van der Waals surface area contributed by atoms with Crippen LogP contribution in [0.4, 0.5) is 0 Å². The maximum atomic E-state index is 10.5. The zero-order chi connectivity index (χ0) is 21.9. The largest absolute Gasteiger partial charge is 0.497 e. The third-order valence-corrected chi connectivity index (χ3v) is 6.43. The van der Waals surface area contributed by atoms with Crippen molar-refractivity contribution >= 4 is 10.9 Å². The Morgan fingerprint density at radius 2 is 1.97 bits per heavy atom. The number of aliphatic hydroxyl groups is 1. The summed E-state index contributed by atoms with van der Waals surface area (Å²) in [5, 5.41) is 11.7. The lowest BCUT2D eigenvalue weighted by molar-refractivity contribution is 0.00621. The van der Waals surface area contributed by atoms with Crippen molar-refractivity contribution in [3.63, 3.8) is 0 Å². The van der Waals surface area contributed by atoms with Gasteiger partial charge in [-0.05, 0) is 73.3 Å². The molecule has 1 atom stereocenters. The molecule has 3 aromatic rings. The number of hydrogen-bond acceptors (Lipinski definition) is 6. The Bertz CT molecular complexity index is 1060. The SMILES string of the molecule is COc1ccc2[nH]cc(C3CCN(CC(O)COCc4ccc5c(c4)OCO5)CC3)c2c1. The van der Waals surface area contributed by atoms with E-state index in [2.05, 4.69) is 28.2 Å². The topological polar surface area (TPSA) is 76.2 Å². The van der Waals surface area contributed by atoms with Gasteiger partial charge >= 0.3 is 0 Å². The number of β-amino-alcohol motifs (C(OH)–C–C–N with tert-alkyl or cyclic N) is 1. The van der Waals surface area contributed by atoms with Gasteiger partial charge in [0.1, 0.15) is 5.75 Å². The fraction of sp³-hybridized carbons (Fsp3) is 0.440. The Kier molecular flexibility index (Phi) is 6.21. The number of benzene rings is 2. The van der Waals surface area contributed by atoms with Crippen molar-refractivity contribution in [1.82, 2.24) is 9.88 Å². The summed E-state index contributed by atoms with van der Waals surface area (Å²) < 4.78 is 21.9. The third-order valence-electron chi connectivity index (χ3n) is 6.43. The Balaban J connectivity index is 1.08. The summed E-state index contributed by atoms with van der Waals surface area (Å²) >= 11 is 0. The van der Waals surface area contributed by atoms with E-state index in [1.807, 2.05) is 24.3 Å². The van der Waals surface area contributed by atoms with Crippen molar-refractivity contribution in [1.29, 1.82) is 0 Å². The quantitative estimate of drug-likeness (QED) is 0.559. The molecule has 5 rings (SSSR count). The number of nitrogens with one attached hydrogen (secondary N) is 1. The van der Waals surface area contributed by atoms with Crippen LogP contribution in [-0.4, -0.2) is 61.2 Å². The summed E-state index contributed by atoms with van der Waals surface area (Å²) in [6.07, 6.45) is 3.80. The Labute approximate surface area is 187 Å². The molecule has 2 aliphatic heterocycles. The molecule has 0 amide bonds. The van der Waals surface area contributed by atoms with E-state index >= 15 is 0 Å². The van der Waals surface area contributed by atoms with Crippen LogP contribution >= 0.6 is 0 Å². The monoisotopic (exact) mass is 438 g/mol. The molecule has 7 heteroatoms. The smallest absolute Gasteiger partial charge is 0.231 e. The molecule has 7 nitrogen and oxygen atoms in total. The fourth-order valence-corrected chi connectivity index (χ4v) is 4.71. The first-order valence-electron chi connectivity index (χ1n) is 11.2. The number of fused-ring (bicyclic) bond motifs is 2. The Morgan fingerprint density at radius 1 is 1.12 bits per heavy atom. The van der Waals surface area contributed by atoms with Gasteiger partial charge in [-0.1, -0.05) is 6.07 Å². The molecule has 1 saturated heterocycles. The van der Waals surface area contributed by atoms with Gasteiger partial charge in [0, 0.05) is 23.6 Å². The van der Waals surface area contributed by atoms with E-state index in [0.29, 0.717) is 25.7 Å². The van der Waals surface area contributed by atoms with E-state index in [0.717, 1.165) is 54.3 Å². The number of aliphatic hydroxyl groups excluding tert-OH is 1. The predicted octanol–water partition coefficient (Wildman–Crippen LogP) is 3.66. The van der Waals surface area contributed by atoms with Gasteiger partial charge in [-0.2, -0.15) is 0 Å². The molecule has 0 aliphatic carbocycles. The highest BCUT2D eigenvalue weighted by Crippen LogP contribution is 2.35. The van der Waals surface area contributed by atoms with Gasteiger partial charge in [-0.3, -0.25) is 0 Å². The van der Waals surface area contributed by atoms with Crippen LogP contribution < -0.4 is 14.2 Å². The number of rotatable bonds is 8. The van der Waals surface area contributed by atoms with E-state index in [-0.39, 0.29) is 6.79 Å². The molecule has 32 heavy (non-hydrogen) atoms. The maximum absolute atomic E-state index is 10.5.